The molecule has 0 bridgehead atoms. The van der Waals surface area contributed by atoms with Gasteiger partial charge in [0.15, 0.2) is 0 Å². The third-order valence-electron chi connectivity index (χ3n) is 2.10. The zero-order valence-corrected chi connectivity index (χ0v) is 12.2. The van der Waals surface area contributed by atoms with Crippen LogP contribution in [0.25, 0.3) is 0 Å². The Labute approximate surface area is 113 Å². The first-order valence-corrected chi connectivity index (χ1v) is 7.96. The van der Waals surface area contributed by atoms with E-state index in [1.165, 1.54) is 0 Å². The van der Waals surface area contributed by atoms with Crippen molar-refractivity contribution >= 4 is 19.2 Å². The summed E-state index contributed by atoms with van der Waals surface area (Å²) in [6.07, 6.45) is 0.233. The summed E-state index contributed by atoms with van der Waals surface area (Å²) in [5, 5.41) is 0.650. The van der Waals surface area contributed by atoms with E-state index >= 15 is 0 Å². The lowest BCUT2D eigenvalue weighted by Gasteiger charge is -2.17. The largest absolute Gasteiger partial charge is 0.493 e. The molecule has 18 heavy (non-hydrogen) atoms. The number of hydrogen-bond donors (Lipinski definition) is 0. The van der Waals surface area contributed by atoms with Crippen LogP contribution in [0.15, 0.2) is 24.3 Å². The van der Waals surface area contributed by atoms with Gasteiger partial charge in [-0.15, -0.1) is 0 Å². The molecule has 0 aliphatic carbocycles. The van der Waals surface area contributed by atoms with Crippen LogP contribution in [0, 0.1) is 0 Å². The molecule has 0 N–H and O–H groups in total. The zero-order chi connectivity index (χ0) is 13.4. The van der Waals surface area contributed by atoms with Gasteiger partial charge in [-0.3, -0.25) is 4.57 Å². The van der Waals surface area contributed by atoms with Crippen LogP contribution in [0.4, 0.5) is 0 Å². The first-order chi connectivity index (χ1) is 8.59. The second-order valence-corrected chi connectivity index (χ2v) is 6.09. The molecule has 0 unspecified atom stereocenters. The van der Waals surface area contributed by atoms with Gasteiger partial charge in [0.25, 0.3) is 0 Å². The van der Waals surface area contributed by atoms with E-state index in [0.717, 1.165) is 0 Å². The standard InChI is InChI=1S/C12H18ClO4P/c1-3-16-18(14,17-4-2)10-9-15-12-7-5-11(13)6-8-12/h5-8H,3-4,9-10H2,1-2H3. The minimum Gasteiger partial charge on any atom is -0.493 e. The van der Waals surface area contributed by atoms with Gasteiger partial charge in [-0.25, -0.2) is 0 Å². The van der Waals surface area contributed by atoms with Crippen LogP contribution < -0.4 is 4.74 Å². The number of hydrogen-bond acceptors (Lipinski definition) is 4. The molecule has 0 heterocycles. The highest BCUT2D eigenvalue weighted by Crippen LogP contribution is 2.47. The van der Waals surface area contributed by atoms with Crippen molar-refractivity contribution in [2.45, 2.75) is 13.8 Å². The predicted molar refractivity (Wildman–Crippen MR) is 72.7 cm³/mol. The summed E-state index contributed by atoms with van der Waals surface area (Å²) in [6.45, 7) is 4.56. The summed E-state index contributed by atoms with van der Waals surface area (Å²) in [5.74, 6) is 0.680. The Balaban J connectivity index is 2.43. The lowest BCUT2D eigenvalue weighted by Crippen LogP contribution is -2.08. The van der Waals surface area contributed by atoms with Crippen molar-refractivity contribution in [3.63, 3.8) is 0 Å². The monoisotopic (exact) mass is 292 g/mol. The molecule has 1 aromatic rings. The predicted octanol–water partition coefficient (Wildman–Crippen LogP) is 3.98. The smallest absolute Gasteiger partial charge is 0.334 e. The normalized spacial score (nSPS) is 11.5. The minimum atomic E-state index is -3.02. The van der Waals surface area contributed by atoms with Gasteiger partial charge in [0.05, 0.1) is 26.0 Å². The maximum atomic E-state index is 12.1. The summed E-state index contributed by atoms with van der Waals surface area (Å²) in [6, 6.07) is 6.99. The Hall–Kier alpha value is -0.540. The molecule has 4 nitrogen and oxygen atoms in total. The Bertz CT molecular complexity index is 384. The third kappa shape index (κ3) is 5.40. The molecule has 0 atom stereocenters. The van der Waals surface area contributed by atoms with Gasteiger partial charge < -0.3 is 13.8 Å². The van der Waals surface area contributed by atoms with E-state index in [4.69, 9.17) is 25.4 Å². The molecule has 6 heteroatoms. The van der Waals surface area contributed by atoms with Crippen molar-refractivity contribution in [2.24, 2.45) is 0 Å². The van der Waals surface area contributed by atoms with E-state index in [2.05, 4.69) is 0 Å². The highest BCUT2D eigenvalue weighted by molar-refractivity contribution is 7.53. The van der Waals surface area contributed by atoms with Crippen molar-refractivity contribution in [2.75, 3.05) is 26.0 Å². The molecular weight excluding hydrogens is 275 g/mol. The van der Waals surface area contributed by atoms with E-state index in [1.807, 2.05) is 0 Å². The Morgan fingerprint density at radius 3 is 2.17 bits per heavy atom. The number of ether oxygens (including phenoxy) is 1. The second-order valence-electron chi connectivity index (χ2n) is 3.47. The van der Waals surface area contributed by atoms with Crippen LogP contribution in [0.5, 0.6) is 5.75 Å². The maximum Gasteiger partial charge on any atom is 0.334 e. The van der Waals surface area contributed by atoms with Gasteiger partial charge >= 0.3 is 7.60 Å². The zero-order valence-electron chi connectivity index (χ0n) is 10.6. The first-order valence-electron chi connectivity index (χ1n) is 5.86. The minimum absolute atomic E-state index is 0.233. The molecule has 1 rings (SSSR count). The van der Waals surface area contributed by atoms with Crippen molar-refractivity contribution in [1.82, 2.24) is 0 Å². The van der Waals surface area contributed by atoms with E-state index in [-0.39, 0.29) is 12.8 Å². The van der Waals surface area contributed by atoms with E-state index in [9.17, 15) is 4.57 Å². The second kappa shape index (κ2) is 7.80. The molecule has 0 aliphatic heterocycles. The van der Waals surface area contributed by atoms with Crippen molar-refractivity contribution in [3.8, 4) is 5.75 Å². The van der Waals surface area contributed by atoms with Crippen LogP contribution in [0.2, 0.25) is 5.02 Å². The number of benzene rings is 1. The summed E-state index contributed by atoms with van der Waals surface area (Å²) in [7, 11) is -3.02. The lowest BCUT2D eigenvalue weighted by atomic mass is 10.3. The average molecular weight is 293 g/mol. The van der Waals surface area contributed by atoms with Gasteiger partial charge in [-0.05, 0) is 38.1 Å². The summed E-state index contributed by atoms with van der Waals surface area (Å²) >= 11 is 5.76. The number of halogens is 1. The molecule has 1 aromatic carbocycles. The van der Waals surface area contributed by atoms with E-state index in [1.54, 1.807) is 38.1 Å². The molecule has 0 radical (unpaired) electrons. The Morgan fingerprint density at radius 2 is 1.67 bits per heavy atom. The Kier molecular flexibility index (Phi) is 6.72. The van der Waals surface area contributed by atoms with Crippen molar-refractivity contribution < 1.29 is 18.3 Å². The summed E-state index contributed by atoms with van der Waals surface area (Å²) in [4.78, 5) is 0. The highest BCUT2D eigenvalue weighted by Gasteiger charge is 2.23. The maximum absolute atomic E-state index is 12.1. The summed E-state index contributed by atoms with van der Waals surface area (Å²) < 4.78 is 27.9. The van der Waals surface area contributed by atoms with Crippen LogP contribution in [0.1, 0.15) is 13.8 Å². The Morgan fingerprint density at radius 1 is 1.11 bits per heavy atom. The van der Waals surface area contributed by atoms with Gasteiger partial charge in [0, 0.05) is 5.02 Å². The van der Waals surface area contributed by atoms with Gasteiger partial charge in [-0.2, -0.15) is 0 Å². The average Bonchev–Trinajstić information content (AvgIpc) is 2.32. The van der Waals surface area contributed by atoms with Gasteiger partial charge in [0.1, 0.15) is 5.75 Å². The van der Waals surface area contributed by atoms with E-state index in [0.29, 0.717) is 24.0 Å². The van der Waals surface area contributed by atoms with Gasteiger partial charge in [0.2, 0.25) is 0 Å². The molecule has 0 saturated carbocycles. The molecular formula is C12H18ClO4P. The fraction of sp³-hybridized carbons (Fsp3) is 0.500. The first kappa shape index (κ1) is 15.5. The molecule has 0 aromatic heterocycles. The van der Waals surface area contributed by atoms with Crippen LogP contribution >= 0.6 is 19.2 Å². The number of rotatable bonds is 8. The molecule has 0 amide bonds. The SMILES string of the molecule is CCOP(=O)(CCOc1ccc(Cl)cc1)OCC. The molecule has 0 saturated heterocycles. The molecule has 0 fully saturated rings. The quantitative estimate of drug-likeness (QED) is 0.680. The topological polar surface area (TPSA) is 44.8 Å². The van der Waals surface area contributed by atoms with Crippen LogP contribution in [-0.2, 0) is 13.6 Å². The van der Waals surface area contributed by atoms with Gasteiger partial charge in [-0.1, -0.05) is 11.6 Å². The summed E-state index contributed by atoms with van der Waals surface area (Å²) in [5.41, 5.74) is 0. The molecule has 0 aliphatic rings. The van der Waals surface area contributed by atoms with Crippen molar-refractivity contribution in [3.05, 3.63) is 29.3 Å². The fourth-order valence-electron chi connectivity index (χ4n) is 1.37. The fourth-order valence-corrected chi connectivity index (χ4v) is 2.93. The van der Waals surface area contributed by atoms with E-state index < -0.39 is 7.60 Å². The van der Waals surface area contributed by atoms with Crippen LogP contribution in [-0.4, -0.2) is 26.0 Å². The molecule has 0 spiro atoms. The van der Waals surface area contributed by atoms with Crippen LogP contribution in [0.3, 0.4) is 0 Å². The van der Waals surface area contributed by atoms with Crippen molar-refractivity contribution in [1.29, 1.82) is 0 Å². The molecule has 102 valence electrons. The lowest BCUT2D eigenvalue weighted by molar-refractivity contribution is 0.213. The third-order valence-corrected chi connectivity index (χ3v) is 4.38. The highest BCUT2D eigenvalue weighted by atomic mass is 35.5.